The van der Waals surface area contributed by atoms with Crippen LogP contribution in [-0.4, -0.2) is 42.1 Å². The Hall–Kier alpha value is -3.73. The fourth-order valence-electron chi connectivity index (χ4n) is 4.16. The topological polar surface area (TPSA) is 139 Å². The standard InChI is InChI=1S/C22H20N4O6S/c1-2-20-23-16-10-12(6-8-18(16)32-20)33(30,31)25-15-5-3-4-13-14(15)11-26(22(13)29)17-7-9-19(27)24-21(17)28/h3-6,8,10,17,25H,2,7,9,11H2,1H3,(H,24,27,28). The first-order valence-corrected chi connectivity index (χ1v) is 11.9. The third-order valence-electron chi connectivity index (χ3n) is 5.84. The van der Waals surface area contributed by atoms with E-state index < -0.39 is 22.0 Å². The van der Waals surface area contributed by atoms with Crippen molar-refractivity contribution in [1.82, 2.24) is 15.2 Å². The number of aromatic nitrogens is 1. The summed E-state index contributed by atoms with van der Waals surface area (Å²) in [6.45, 7) is 1.95. The number of hydrogen-bond acceptors (Lipinski definition) is 7. The Labute approximate surface area is 189 Å². The number of amides is 3. The first kappa shape index (κ1) is 21.1. The van der Waals surface area contributed by atoms with Gasteiger partial charge >= 0.3 is 0 Å². The zero-order valence-corrected chi connectivity index (χ0v) is 18.4. The van der Waals surface area contributed by atoms with E-state index in [1.54, 1.807) is 24.3 Å². The quantitative estimate of drug-likeness (QED) is 0.546. The van der Waals surface area contributed by atoms with Crippen molar-refractivity contribution in [3.63, 3.8) is 0 Å². The van der Waals surface area contributed by atoms with Crippen LogP contribution in [0.25, 0.3) is 11.1 Å². The second-order valence-electron chi connectivity index (χ2n) is 7.93. The number of carbonyl (C=O) groups excluding carboxylic acids is 3. The summed E-state index contributed by atoms with van der Waals surface area (Å²) in [5.74, 6) is -0.761. The van der Waals surface area contributed by atoms with Gasteiger partial charge in [-0.1, -0.05) is 13.0 Å². The van der Waals surface area contributed by atoms with Gasteiger partial charge in [-0.05, 0) is 36.8 Å². The highest BCUT2D eigenvalue weighted by Crippen LogP contribution is 2.33. The van der Waals surface area contributed by atoms with Crippen molar-refractivity contribution < 1.29 is 27.2 Å². The number of nitrogens with one attached hydrogen (secondary N) is 2. The van der Waals surface area contributed by atoms with Crippen molar-refractivity contribution in [3.05, 3.63) is 53.4 Å². The van der Waals surface area contributed by atoms with Crippen LogP contribution < -0.4 is 10.0 Å². The summed E-state index contributed by atoms with van der Waals surface area (Å²) in [5.41, 5.74) is 1.99. The molecule has 2 N–H and O–H groups in total. The van der Waals surface area contributed by atoms with Gasteiger partial charge in [-0.15, -0.1) is 0 Å². The number of piperidine rings is 1. The van der Waals surface area contributed by atoms with Crippen LogP contribution in [0.5, 0.6) is 0 Å². The summed E-state index contributed by atoms with van der Waals surface area (Å²) in [7, 11) is -3.99. The molecule has 3 heterocycles. The van der Waals surface area contributed by atoms with Crippen LogP contribution in [0.15, 0.2) is 45.7 Å². The molecule has 2 aliphatic rings. The molecule has 0 bridgehead atoms. The SMILES string of the molecule is CCc1nc2cc(S(=O)(=O)Nc3cccc4c3CN(C3CCC(=O)NC3=O)C4=O)ccc2o1. The monoisotopic (exact) mass is 468 g/mol. The van der Waals surface area contributed by atoms with Gasteiger partial charge in [0, 0.05) is 30.5 Å². The van der Waals surface area contributed by atoms with Gasteiger partial charge in [-0.2, -0.15) is 0 Å². The molecule has 2 aromatic carbocycles. The molecule has 2 aliphatic heterocycles. The first-order chi connectivity index (χ1) is 15.8. The van der Waals surface area contributed by atoms with Crippen LogP contribution in [0.1, 0.15) is 41.6 Å². The molecule has 1 atom stereocenters. The molecule has 3 amide bonds. The Morgan fingerprint density at radius 1 is 1.21 bits per heavy atom. The van der Waals surface area contributed by atoms with E-state index in [-0.39, 0.29) is 41.8 Å². The molecule has 10 nitrogen and oxygen atoms in total. The molecular weight excluding hydrogens is 448 g/mol. The number of fused-ring (bicyclic) bond motifs is 2. The van der Waals surface area contributed by atoms with Crippen LogP contribution in [0.2, 0.25) is 0 Å². The second kappa shape index (κ2) is 7.69. The molecule has 0 radical (unpaired) electrons. The molecule has 1 aromatic heterocycles. The molecule has 11 heteroatoms. The molecule has 33 heavy (non-hydrogen) atoms. The number of carbonyl (C=O) groups is 3. The van der Waals surface area contributed by atoms with Gasteiger partial charge in [0.15, 0.2) is 11.5 Å². The van der Waals surface area contributed by atoms with Gasteiger partial charge in [0.25, 0.3) is 15.9 Å². The zero-order valence-electron chi connectivity index (χ0n) is 17.6. The molecule has 1 fully saturated rings. The van der Waals surface area contributed by atoms with Crippen LogP contribution in [0.4, 0.5) is 5.69 Å². The van der Waals surface area contributed by atoms with E-state index in [9.17, 15) is 22.8 Å². The number of benzene rings is 2. The summed E-state index contributed by atoms with van der Waals surface area (Å²) in [6.07, 6.45) is 0.950. The summed E-state index contributed by atoms with van der Waals surface area (Å²) in [6, 6.07) is 8.38. The number of aryl methyl sites for hydroxylation is 1. The molecule has 1 saturated heterocycles. The highest BCUT2D eigenvalue weighted by molar-refractivity contribution is 7.92. The van der Waals surface area contributed by atoms with Gasteiger partial charge < -0.3 is 9.32 Å². The van der Waals surface area contributed by atoms with Crippen molar-refractivity contribution >= 4 is 44.5 Å². The highest BCUT2D eigenvalue weighted by atomic mass is 32.2. The lowest BCUT2D eigenvalue weighted by atomic mass is 10.0. The molecular formula is C22H20N4O6S. The average molecular weight is 468 g/mol. The Kier molecular flexibility index (Phi) is 4.93. The summed E-state index contributed by atoms with van der Waals surface area (Å²) in [5, 5.41) is 2.25. The van der Waals surface area contributed by atoms with E-state index in [1.807, 2.05) is 6.92 Å². The van der Waals surface area contributed by atoms with E-state index >= 15 is 0 Å². The maximum atomic E-state index is 13.1. The van der Waals surface area contributed by atoms with Gasteiger partial charge in [0.1, 0.15) is 11.6 Å². The Balaban J connectivity index is 1.44. The highest BCUT2D eigenvalue weighted by Gasteiger charge is 2.40. The number of sulfonamides is 1. The van der Waals surface area contributed by atoms with Crippen molar-refractivity contribution in [2.75, 3.05) is 4.72 Å². The van der Waals surface area contributed by atoms with Crippen LogP contribution in [0.3, 0.4) is 0 Å². The fourth-order valence-corrected chi connectivity index (χ4v) is 5.27. The smallest absolute Gasteiger partial charge is 0.261 e. The van der Waals surface area contributed by atoms with Crippen molar-refractivity contribution in [1.29, 1.82) is 0 Å². The molecule has 1 unspecified atom stereocenters. The van der Waals surface area contributed by atoms with E-state index in [0.29, 0.717) is 34.5 Å². The largest absolute Gasteiger partial charge is 0.441 e. The minimum atomic E-state index is -3.99. The Bertz CT molecular complexity index is 1430. The number of rotatable bonds is 5. The number of hydrogen-bond donors (Lipinski definition) is 2. The van der Waals surface area contributed by atoms with E-state index in [1.165, 1.54) is 17.0 Å². The normalized spacial score (nSPS) is 18.5. The number of oxazole rings is 1. The minimum Gasteiger partial charge on any atom is -0.441 e. The molecule has 0 spiro atoms. The number of imide groups is 1. The molecule has 0 saturated carbocycles. The average Bonchev–Trinajstić information content (AvgIpc) is 3.35. The lowest BCUT2D eigenvalue weighted by Crippen LogP contribution is -2.52. The minimum absolute atomic E-state index is 0.00917. The van der Waals surface area contributed by atoms with Gasteiger partial charge in [-0.3, -0.25) is 24.4 Å². The van der Waals surface area contributed by atoms with Gasteiger partial charge in [0.2, 0.25) is 11.8 Å². The lowest BCUT2D eigenvalue weighted by molar-refractivity contribution is -0.136. The summed E-state index contributed by atoms with van der Waals surface area (Å²) < 4.78 is 34.3. The molecule has 170 valence electrons. The first-order valence-electron chi connectivity index (χ1n) is 10.5. The Morgan fingerprint density at radius 3 is 2.79 bits per heavy atom. The maximum absolute atomic E-state index is 13.1. The summed E-state index contributed by atoms with van der Waals surface area (Å²) in [4.78, 5) is 42.3. The number of nitrogens with zero attached hydrogens (tertiary/aromatic N) is 2. The molecule has 0 aliphatic carbocycles. The van der Waals surface area contributed by atoms with Crippen molar-refractivity contribution in [2.24, 2.45) is 0 Å². The Morgan fingerprint density at radius 2 is 2.03 bits per heavy atom. The molecule has 5 rings (SSSR count). The maximum Gasteiger partial charge on any atom is 0.261 e. The van der Waals surface area contributed by atoms with Gasteiger partial charge in [0.05, 0.1) is 10.6 Å². The molecule has 3 aromatic rings. The lowest BCUT2D eigenvalue weighted by Gasteiger charge is -2.29. The van der Waals surface area contributed by atoms with E-state index in [4.69, 9.17) is 4.42 Å². The van der Waals surface area contributed by atoms with E-state index in [2.05, 4.69) is 15.0 Å². The zero-order chi connectivity index (χ0) is 23.3. The van der Waals surface area contributed by atoms with Crippen LogP contribution >= 0.6 is 0 Å². The van der Waals surface area contributed by atoms with Crippen molar-refractivity contribution in [3.8, 4) is 0 Å². The van der Waals surface area contributed by atoms with Crippen molar-refractivity contribution in [2.45, 2.75) is 43.7 Å². The second-order valence-corrected chi connectivity index (χ2v) is 9.61. The predicted octanol–water partition coefficient (Wildman–Crippen LogP) is 1.95. The third kappa shape index (κ3) is 3.63. The van der Waals surface area contributed by atoms with Crippen LogP contribution in [0, 0.1) is 0 Å². The number of anilines is 1. The summed E-state index contributed by atoms with van der Waals surface area (Å²) >= 11 is 0. The van der Waals surface area contributed by atoms with Gasteiger partial charge in [-0.25, -0.2) is 13.4 Å². The van der Waals surface area contributed by atoms with E-state index in [0.717, 1.165) is 0 Å². The fraction of sp³-hybridized carbons (Fsp3) is 0.273. The predicted molar refractivity (Wildman–Crippen MR) is 117 cm³/mol. The van der Waals surface area contributed by atoms with Crippen LogP contribution in [-0.2, 0) is 32.6 Å². The third-order valence-corrected chi connectivity index (χ3v) is 7.21.